The molecule has 2 rings (SSSR count). The van der Waals surface area contributed by atoms with E-state index in [2.05, 4.69) is 10.3 Å². The van der Waals surface area contributed by atoms with Gasteiger partial charge >= 0.3 is 0 Å². The summed E-state index contributed by atoms with van der Waals surface area (Å²) in [5.41, 5.74) is 6.15. The predicted octanol–water partition coefficient (Wildman–Crippen LogP) is -0.0428. The molecule has 1 fully saturated rings. The van der Waals surface area contributed by atoms with Gasteiger partial charge in [-0.3, -0.25) is 14.9 Å². The molecule has 1 unspecified atom stereocenters. The molecule has 0 aliphatic carbocycles. The zero-order chi connectivity index (χ0) is 14.0. The lowest BCUT2D eigenvalue weighted by Crippen LogP contribution is -2.58. The van der Waals surface area contributed by atoms with Gasteiger partial charge in [-0.1, -0.05) is 19.1 Å². The first-order valence-electron chi connectivity index (χ1n) is 5.89. The van der Waals surface area contributed by atoms with Crippen LogP contribution in [0.1, 0.15) is 18.9 Å². The number of carbonyl (C=O) groups excluding carboxylic acids is 2. The molecular formula is C12H14N4O2S. The van der Waals surface area contributed by atoms with Crippen molar-refractivity contribution in [2.45, 2.75) is 19.4 Å². The van der Waals surface area contributed by atoms with Crippen molar-refractivity contribution in [3.8, 4) is 0 Å². The summed E-state index contributed by atoms with van der Waals surface area (Å²) in [4.78, 5) is 29.4. The van der Waals surface area contributed by atoms with Crippen molar-refractivity contribution in [3.05, 3.63) is 23.9 Å². The Hall–Kier alpha value is -2.02. The normalized spacial score (nSPS) is 19.2. The van der Waals surface area contributed by atoms with Crippen molar-refractivity contribution in [2.24, 2.45) is 5.73 Å². The third-order valence-corrected chi connectivity index (χ3v) is 3.20. The highest BCUT2D eigenvalue weighted by atomic mass is 32.1. The van der Waals surface area contributed by atoms with Crippen molar-refractivity contribution in [2.75, 3.05) is 11.4 Å². The molecule has 0 aromatic carbocycles. The minimum atomic E-state index is -0.388. The van der Waals surface area contributed by atoms with Gasteiger partial charge in [-0.15, -0.1) is 0 Å². The van der Waals surface area contributed by atoms with E-state index < -0.39 is 0 Å². The number of hydrogen-bond donors (Lipinski definition) is 2. The fourth-order valence-corrected chi connectivity index (χ4v) is 2.14. The van der Waals surface area contributed by atoms with Gasteiger partial charge in [-0.05, 0) is 18.6 Å². The number of hydrogen-bond acceptors (Lipinski definition) is 5. The second kappa shape index (κ2) is 5.31. The number of amides is 2. The van der Waals surface area contributed by atoms with E-state index >= 15 is 0 Å². The lowest BCUT2D eigenvalue weighted by Gasteiger charge is -2.34. The number of nitrogens with zero attached hydrogens (tertiary/aromatic N) is 2. The third-order valence-electron chi connectivity index (χ3n) is 2.97. The lowest BCUT2D eigenvalue weighted by atomic mass is 10.1. The van der Waals surface area contributed by atoms with Crippen LogP contribution in [-0.4, -0.2) is 34.4 Å². The molecule has 1 aromatic heterocycles. The number of nitrogens with two attached hydrogens (primary N) is 1. The molecule has 19 heavy (non-hydrogen) atoms. The Balaban J connectivity index is 2.29. The minimum Gasteiger partial charge on any atom is -0.389 e. The zero-order valence-electron chi connectivity index (χ0n) is 10.4. The van der Waals surface area contributed by atoms with E-state index in [4.69, 9.17) is 18.0 Å². The van der Waals surface area contributed by atoms with E-state index in [9.17, 15) is 9.59 Å². The Morgan fingerprint density at radius 3 is 2.84 bits per heavy atom. The second-order valence-electron chi connectivity index (χ2n) is 4.23. The number of nitrogens with one attached hydrogen (secondary N) is 1. The van der Waals surface area contributed by atoms with Crippen molar-refractivity contribution < 1.29 is 9.59 Å². The summed E-state index contributed by atoms with van der Waals surface area (Å²) in [7, 11) is 0. The fraction of sp³-hybridized carbons (Fsp3) is 0.333. The molecule has 1 saturated heterocycles. The number of imide groups is 1. The van der Waals surface area contributed by atoms with Crippen molar-refractivity contribution in [1.82, 2.24) is 10.3 Å². The number of aromatic nitrogens is 1. The van der Waals surface area contributed by atoms with Gasteiger partial charge in [0.2, 0.25) is 11.8 Å². The van der Waals surface area contributed by atoms with Crippen LogP contribution in [0.2, 0.25) is 0 Å². The van der Waals surface area contributed by atoms with Crippen molar-refractivity contribution in [1.29, 1.82) is 0 Å². The molecule has 0 spiro atoms. The Morgan fingerprint density at radius 1 is 1.58 bits per heavy atom. The monoisotopic (exact) mass is 278 g/mol. The van der Waals surface area contributed by atoms with Crippen LogP contribution >= 0.6 is 12.2 Å². The minimum absolute atomic E-state index is 0.115. The van der Waals surface area contributed by atoms with Crippen molar-refractivity contribution in [3.63, 3.8) is 0 Å². The molecule has 1 aliphatic heterocycles. The Bertz CT molecular complexity index is 529. The van der Waals surface area contributed by atoms with Gasteiger partial charge < -0.3 is 10.6 Å². The van der Waals surface area contributed by atoms with Crippen LogP contribution in [0.5, 0.6) is 0 Å². The first kappa shape index (κ1) is 13.4. The molecule has 0 radical (unpaired) electrons. The summed E-state index contributed by atoms with van der Waals surface area (Å²) in [5, 5.41) is 2.32. The number of pyridine rings is 1. The Labute approximate surface area is 116 Å². The molecule has 1 aliphatic rings. The molecule has 100 valence electrons. The summed E-state index contributed by atoms with van der Waals surface area (Å²) in [6.45, 7) is 2.00. The average Bonchev–Trinajstić information content (AvgIpc) is 2.38. The lowest BCUT2D eigenvalue weighted by molar-refractivity contribution is -0.132. The maximum Gasteiger partial charge on any atom is 0.249 e. The number of anilines is 1. The topological polar surface area (TPSA) is 88.3 Å². The largest absolute Gasteiger partial charge is 0.389 e. The molecule has 2 amide bonds. The quantitative estimate of drug-likeness (QED) is 0.595. The number of carbonyl (C=O) groups is 2. The summed E-state index contributed by atoms with van der Waals surface area (Å²) >= 11 is 4.85. The second-order valence-corrected chi connectivity index (χ2v) is 4.67. The van der Waals surface area contributed by atoms with E-state index in [1.807, 2.05) is 6.92 Å². The van der Waals surface area contributed by atoms with Crippen LogP contribution < -0.4 is 16.0 Å². The van der Waals surface area contributed by atoms with Gasteiger partial charge in [0, 0.05) is 11.8 Å². The molecule has 3 N–H and O–H groups in total. The zero-order valence-corrected chi connectivity index (χ0v) is 11.2. The average molecular weight is 278 g/mol. The molecule has 7 heteroatoms. The Kier molecular flexibility index (Phi) is 3.75. The van der Waals surface area contributed by atoms with E-state index in [-0.39, 0.29) is 29.4 Å². The van der Waals surface area contributed by atoms with Crippen molar-refractivity contribution >= 4 is 34.8 Å². The molecule has 2 heterocycles. The van der Waals surface area contributed by atoms with E-state index in [1.165, 1.54) is 0 Å². The van der Waals surface area contributed by atoms with E-state index in [0.29, 0.717) is 17.8 Å². The van der Waals surface area contributed by atoms with E-state index in [0.717, 1.165) is 0 Å². The molecular weight excluding hydrogens is 264 g/mol. The Morgan fingerprint density at radius 2 is 2.32 bits per heavy atom. The summed E-state index contributed by atoms with van der Waals surface area (Å²) in [5.74, 6) is -0.0519. The summed E-state index contributed by atoms with van der Waals surface area (Å²) in [6, 6.07) is 3.05. The molecule has 1 aromatic rings. The van der Waals surface area contributed by atoms with Gasteiger partial charge in [-0.25, -0.2) is 4.98 Å². The fourth-order valence-electron chi connectivity index (χ4n) is 2.01. The maximum atomic E-state index is 11.8. The maximum absolute atomic E-state index is 11.8. The SMILES string of the molecule is CCC1C(=O)NC(=O)CN1c1ccc(C(N)=S)cn1. The first-order valence-corrected chi connectivity index (χ1v) is 6.30. The van der Waals surface area contributed by atoms with Gasteiger partial charge in [0.05, 0.1) is 6.54 Å². The third kappa shape index (κ3) is 2.70. The highest BCUT2D eigenvalue weighted by molar-refractivity contribution is 7.80. The molecule has 0 saturated carbocycles. The number of piperazine rings is 1. The highest BCUT2D eigenvalue weighted by Crippen LogP contribution is 2.18. The number of thiocarbonyl (C=S) groups is 1. The van der Waals surface area contributed by atoms with Crippen LogP contribution in [0.25, 0.3) is 0 Å². The van der Waals surface area contributed by atoms with Gasteiger partial charge in [-0.2, -0.15) is 0 Å². The van der Waals surface area contributed by atoms with Gasteiger partial charge in [0.15, 0.2) is 0 Å². The van der Waals surface area contributed by atoms with Crippen LogP contribution in [0.4, 0.5) is 5.82 Å². The summed E-state index contributed by atoms with van der Waals surface area (Å²) in [6.07, 6.45) is 2.14. The summed E-state index contributed by atoms with van der Waals surface area (Å²) < 4.78 is 0. The molecule has 6 nitrogen and oxygen atoms in total. The van der Waals surface area contributed by atoms with Crippen LogP contribution in [-0.2, 0) is 9.59 Å². The number of rotatable bonds is 3. The van der Waals surface area contributed by atoms with E-state index in [1.54, 1.807) is 23.2 Å². The molecule has 0 bridgehead atoms. The van der Waals surface area contributed by atoms with Crippen LogP contribution in [0.15, 0.2) is 18.3 Å². The predicted molar refractivity (Wildman–Crippen MR) is 74.7 cm³/mol. The molecule has 1 atom stereocenters. The van der Waals surface area contributed by atoms with Crippen LogP contribution in [0.3, 0.4) is 0 Å². The van der Waals surface area contributed by atoms with Gasteiger partial charge in [0.25, 0.3) is 0 Å². The standard InChI is InChI=1S/C12H14N4O2S/c1-2-8-12(18)15-10(17)6-16(8)9-4-3-7(5-14-9)11(13)19/h3-5,8H,2,6H2,1H3,(H2,13,19)(H,15,17,18). The first-order chi connectivity index (χ1) is 9.02. The highest BCUT2D eigenvalue weighted by Gasteiger charge is 2.33. The smallest absolute Gasteiger partial charge is 0.249 e. The van der Waals surface area contributed by atoms with Gasteiger partial charge in [0.1, 0.15) is 16.8 Å². The van der Waals surface area contributed by atoms with Crippen LogP contribution in [0, 0.1) is 0 Å².